The third-order valence-corrected chi connectivity index (χ3v) is 12.1. The molecule has 2 N–H and O–H groups in total. The van der Waals surface area contributed by atoms with E-state index in [4.69, 9.17) is 18.9 Å². The van der Waals surface area contributed by atoms with Gasteiger partial charge < -0.3 is 39.2 Å². The van der Waals surface area contributed by atoms with Gasteiger partial charge in [-0.2, -0.15) is 0 Å². The number of nitrogens with zero attached hydrogens (tertiary/aromatic N) is 7. The number of aromatic nitrogens is 4. The molecule has 0 unspecified atom stereocenters. The maximum Gasteiger partial charge on any atom is 0.355 e. The van der Waals surface area contributed by atoms with Crippen LogP contribution in [0.5, 0.6) is 5.75 Å². The lowest BCUT2D eigenvalue weighted by molar-refractivity contribution is -0.138. The second-order valence-electron chi connectivity index (χ2n) is 14.1. The Hall–Kier alpha value is -5.29. The van der Waals surface area contributed by atoms with Crippen molar-refractivity contribution in [2.45, 2.75) is 32.6 Å². The summed E-state index contributed by atoms with van der Waals surface area (Å²) in [6.45, 7) is 7.66. The summed E-state index contributed by atoms with van der Waals surface area (Å²) in [5.74, 6) is 5.85. The molecule has 7 rings (SSSR count). The number of para-hydroxylation sites is 1. The molecule has 18 heteroatoms. The molecule has 60 heavy (non-hydrogen) atoms. The van der Waals surface area contributed by atoms with Gasteiger partial charge in [-0.05, 0) is 62.9 Å². The van der Waals surface area contributed by atoms with Crippen LogP contribution in [-0.4, -0.2) is 133 Å². The first-order valence-electron chi connectivity index (χ1n) is 19.8. The Balaban J connectivity index is 0.871. The van der Waals surface area contributed by atoms with Gasteiger partial charge in [-0.1, -0.05) is 35.3 Å². The van der Waals surface area contributed by atoms with Crippen molar-refractivity contribution in [3.05, 3.63) is 75.5 Å². The van der Waals surface area contributed by atoms with Crippen molar-refractivity contribution in [2.75, 3.05) is 96.2 Å². The van der Waals surface area contributed by atoms with Gasteiger partial charge in [0.25, 0.3) is 0 Å². The van der Waals surface area contributed by atoms with Crippen molar-refractivity contribution in [2.24, 2.45) is 0 Å². The number of methoxy groups -OCH3 is 1. The number of ether oxygens (including phenoxy) is 4. The molecule has 0 atom stereocenters. The number of carbonyl (C=O) groups excluding carboxylic acids is 1. The first-order chi connectivity index (χ1) is 29.3. The van der Waals surface area contributed by atoms with Gasteiger partial charge in [0.15, 0.2) is 39.2 Å². The smallest absolute Gasteiger partial charge is 0.355 e. The normalized spacial score (nSPS) is 14.2. The molecule has 5 heterocycles. The summed E-state index contributed by atoms with van der Waals surface area (Å²) >= 11 is 2.86. The molecular weight excluding hydrogens is 812 g/mol. The lowest BCUT2D eigenvalue weighted by atomic mass is 10.0. The molecule has 3 aromatic heterocycles. The van der Waals surface area contributed by atoms with Crippen LogP contribution in [0.25, 0.3) is 10.2 Å². The number of nitrogens with one attached hydrogen (secondary N) is 1. The number of halogens is 1. The molecule has 2 aromatic carbocycles. The van der Waals surface area contributed by atoms with Gasteiger partial charge in [0.2, 0.25) is 5.91 Å². The van der Waals surface area contributed by atoms with Gasteiger partial charge in [-0.15, -0.1) is 21.5 Å². The second kappa shape index (κ2) is 20.8. The van der Waals surface area contributed by atoms with Crippen LogP contribution >= 0.6 is 22.7 Å². The zero-order valence-electron chi connectivity index (χ0n) is 33.6. The first kappa shape index (κ1) is 42.8. The van der Waals surface area contributed by atoms with Crippen molar-refractivity contribution in [3.8, 4) is 17.6 Å². The number of anilines is 4. The van der Waals surface area contributed by atoms with Crippen LogP contribution in [0.3, 0.4) is 0 Å². The molecule has 0 radical (unpaired) electrons. The maximum absolute atomic E-state index is 15.0. The monoisotopic (exact) mass is 858 g/mol. The number of carboxylic acids is 1. The van der Waals surface area contributed by atoms with E-state index in [0.29, 0.717) is 106 Å². The van der Waals surface area contributed by atoms with Gasteiger partial charge in [0.05, 0.1) is 49.8 Å². The van der Waals surface area contributed by atoms with Crippen molar-refractivity contribution in [3.63, 3.8) is 0 Å². The number of aromatic carboxylic acids is 1. The first-order valence-corrected chi connectivity index (χ1v) is 21.5. The Morgan fingerprint density at radius 2 is 1.78 bits per heavy atom. The van der Waals surface area contributed by atoms with E-state index in [1.807, 2.05) is 36.1 Å². The van der Waals surface area contributed by atoms with E-state index in [-0.39, 0.29) is 30.6 Å². The number of rotatable bonds is 18. The second-order valence-corrected chi connectivity index (χ2v) is 16.2. The van der Waals surface area contributed by atoms with E-state index in [2.05, 4.69) is 42.2 Å². The standard InChI is InChI=1S/C42H47FN8O7S2/c1-28-30-9-6-16-51(39(30)48-47-38(28)46-41-44-32-10-3-4-11-34(32)59-41)42-45-37(40(53)54)35(60-42)12-7-21-58-33-14-13-29(26-31(33)43)8-5-15-49-17-19-50(20-18-49)36(52)27-57-25-24-56-23-22-55-2/h3-4,10-11,13-14,26H,6-7,9,12,15-25,27H2,1-2H3,(H,53,54)(H,44,46,47). The van der Waals surface area contributed by atoms with Gasteiger partial charge in [0, 0.05) is 61.4 Å². The molecule has 0 aliphatic carbocycles. The third-order valence-electron chi connectivity index (χ3n) is 10.1. The molecule has 0 saturated carbocycles. The van der Waals surface area contributed by atoms with Crippen molar-refractivity contribution in [1.29, 1.82) is 0 Å². The fourth-order valence-corrected chi connectivity index (χ4v) is 8.82. The van der Waals surface area contributed by atoms with Crippen LogP contribution in [0.1, 0.15) is 44.9 Å². The van der Waals surface area contributed by atoms with E-state index < -0.39 is 11.8 Å². The van der Waals surface area contributed by atoms with Crippen LogP contribution < -0.4 is 15.0 Å². The summed E-state index contributed by atoms with van der Waals surface area (Å²) in [7, 11) is 1.61. The number of aryl methyl sites for hydroxylation is 1. The summed E-state index contributed by atoms with van der Waals surface area (Å²) in [4.78, 5) is 40.4. The van der Waals surface area contributed by atoms with Crippen molar-refractivity contribution in [1.82, 2.24) is 30.0 Å². The van der Waals surface area contributed by atoms with Crippen LogP contribution in [0.15, 0.2) is 42.5 Å². The molecule has 15 nitrogen and oxygen atoms in total. The van der Waals surface area contributed by atoms with E-state index in [9.17, 15) is 14.7 Å². The fraction of sp³-hybridized carbons (Fsp3) is 0.429. The highest BCUT2D eigenvalue weighted by Crippen LogP contribution is 2.39. The van der Waals surface area contributed by atoms with Gasteiger partial charge in [-0.25, -0.2) is 19.2 Å². The molecule has 5 aromatic rings. The molecule has 0 spiro atoms. The molecule has 1 amide bonds. The zero-order valence-corrected chi connectivity index (χ0v) is 35.2. The number of carboxylic acid groups (broad SMARTS) is 1. The Morgan fingerprint density at radius 1 is 0.967 bits per heavy atom. The van der Waals surface area contributed by atoms with Crippen LogP contribution in [0.2, 0.25) is 0 Å². The summed E-state index contributed by atoms with van der Waals surface area (Å²) in [6.07, 6.45) is 2.49. The highest BCUT2D eigenvalue weighted by Gasteiger charge is 2.28. The van der Waals surface area contributed by atoms with E-state index in [1.54, 1.807) is 35.5 Å². The topological polar surface area (TPSA) is 165 Å². The molecule has 2 aliphatic rings. The average Bonchev–Trinajstić information content (AvgIpc) is 3.88. The van der Waals surface area contributed by atoms with Gasteiger partial charge >= 0.3 is 5.97 Å². The third kappa shape index (κ3) is 10.9. The summed E-state index contributed by atoms with van der Waals surface area (Å²) in [5.41, 5.74) is 3.43. The number of piperazine rings is 1. The number of thiazole rings is 2. The lowest BCUT2D eigenvalue weighted by Gasteiger charge is -2.33. The van der Waals surface area contributed by atoms with Crippen molar-refractivity contribution >= 4 is 66.7 Å². The number of benzene rings is 2. The number of amides is 1. The van der Waals surface area contributed by atoms with Crippen LogP contribution in [0, 0.1) is 24.6 Å². The molecule has 316 valence electrons. The number of fused-ring (bicyclic) bond motifs is 2. The maximum atomic E-state index is 15.0. The highest BCUT2D eigenvalue weighted by atomic mass is 32.1. The van der Waals surface area contributed by atoms with Gasteiger partial charge in [0.1, 0.15) is 6.61 Å². The summed E-state index contributed by atoms with van der Waals surface area (Å²) < 4.78 is 37.6. The Labute approximate surface area is 355 Å². The van der Waals surface area contributed by atoms with Crippen LogP contribution in [-0.2, 0) is 31.8 Å². The quantitative estimate of drug-likeness (QED) is 0.0814. The Morgan fingerprint density at radius 3 is 2.58 bits per heavy atom. The average molecular weight is 859 g/mol. The van der Waals surface area contributed by atoms with Crippen LogP contribution in [0.4, 0.5) is 26.3 Å². The predicted octanol–water partition coefficient (Wildman–Crippen LogP) is 5.70. The zero-order chi connectivity index (χ0) is 41.8. The SMILES string of the molecule is COCCOCCOCC(=O)N1CCN(CC#Cc2ccc(OCCCc3sc(N4CCCc5c4nnc(Nc4nc6ccccc6s4)c5C)nc3C(=O)O)c(F)c2)CC1. The predicted molar refractivity (Wildman–Crippen MR) is 228 cm³/mol. The molecule has 1 saturated heterocycles. The Kier molecular flexibility index (Phi) is 14.8. The highest BCUT2D eigenvalue weighted by molar-refractivity contribution is 7.22. The summed E-state index contributed by atoms with van der Waals surface area (Å²) in [5, 5.41) is 23.7. The lowest BCUT2D eigenvalue weighted by Crippen LogP contribution is -2.49. The molecule has 0 bridgehead atoms. The Bertz CT molecular complexity index is 2310. The largest absolute Gasteiger partial charge is 0.491 e. The molecular formula is C42H47FN8O7S2. The minimum Gasteiger partial charge on any atom is -0.491 e. The minimum atomic E-state index is -1.11. The fourth-order valence-electron chi connectivity index (χ4n) is 6.83. The summed E-state index contributed by atoms with van der Waals surface area (Å²) in [6, 6.07) is 12.6. The number of hydrogen-bond donors (Lipinski definition) is 2. The molecule has 2 aliphatic heterocycles. The van der Waals surface area contributed by atoms with E-state index in [1.165, 1.54) is 17.4 Å². The molecule has 1 fully saturated rings. The number of carbonyl (C=O) groups is 2. The van der Waals surface area contributed by atoms with Crippen molar-refractivity contribution < 1.29 is 38.0 Å². The van der Waals surface area contributed by atoms with E-state index in [0.717, 1.165) is 39.3 Å². The van der Waals surface area contributed by atoms with E-state index >= 15 is 4.39 Å². The number of hydrogen-bond acceptors (Lipinski definition) is 15. The minimum absolute atomic E-state index is 0.00784. The van der Waals surface area contributed by atoms with Gasteiger partial charge in [-0.3, -0.25) is 9.69 Å².